The topological polar surface area (TPSA) is 286 Å². The number of alkyl carbamates (subject to hydrolysis) is 1. The highest BCUT2D eigenvalue weighted by Gasteiger charge is 2.58. The average Bonchev–Trinajstić information content (AvgIpc) is 3.13. The maximum atomic E-state index is 14.5. The van der Waals surface area contributed by atoms with Crippen LogP contribution in [0.4, 0.5) is 25.8 Å². The van der Waals surface area contributed by atoms with Crippen LogP contribution in [0.2, 0.25) is 0 Å². The summed E-state index contributed by atoms with van der Waals surface area (Å²) in [4.78, 5) is 103. The van der Waals surface area contributed by atoms with E-state index in [9.17, 15) is 43.7 Å². The number of rotatable bonds is 21. The van der Waals surface area contributed by atoms with E-state index >= 15 is 0 Å². The highest BCUT2D eigenvalue weighted by atomic mass is 127. The number of nitro benzene ring substituents is 1. The van der Waals surface area contributed by atoms with Crippen LogP contribution in [0.5, 0.6) is 5.75 Å². The summed E-state index contributed by atoms with van der Waals surface area (Å²) in [5.41, 5.74) is 0.127. The number of urea groups is 1. The van der Waals surface area contributed by atoms with E-state index in [0.717, 1.165) is 0 Å². The number of nitrogens with two attached hydrogens (primary N) is 1. The molecule has 20 nitrogen and oxygen atoms in total. The molecule has 0 fully saturated rings. The fraction of sp³-hybridized carbons (Fsp3) is 0.513. The van der Waals surface area contributed by atoms with Crippen molar-refractivity contribution < 1.29 is 57.4 Å². The van der Waals surface area contributed by atoms with Crippen molar-refractivity contribution in [2.24, 2.45) is 5.73 Å². The minimum atomic E-state index is -2.11. The Morgan fingerprint density at radius 1 is 0.825 bits per heavy atom. The van der Waals surface area contributed by atoms with Gasteiger partial charge in [-0.3, -0.25) is 34.6 Å². The van der Waals surface area contributed by atoms with Crippen molar-refractivity contribution in [2.45, 2.75) is 117 Å². The van der Waals surface area contributed by atoms with E-state index in [2.05, 4.69) is 26.6 Å². The summed E-state index contributed by atoms with van der Waals surface area (Å²) in [6, 6.07) is 8.88. The number of hydrogen-bond acceptors (Lipinski definition) is 15. The Balaban J connectivity index is 2.58. The van der Waals surface area contributed by atoms with Gasteiger partial charge in [0.25, 0.3) is 5.69 Å². The molecule has 0 heterocycles. The molecule has 0 aliphatic heterocycles. The highest BCUT2D eigenvalue weighted by molar-refractivity contribution is 14.1. The number of non-ortho nitro benzene ring substituents is 1. The average molecular weight is 1330 g/mol. The Hall–Kier alpha value is -3.39. The van der Waals surface area contributed by atoms with Gasteiger partial charge in [0, 0.05) is 76.0 Å². The molecule has 0 aliphatic carbocycles. The molecule has 348 valence electrons. The van der Waals surface area contributed by atoms with Crippen LogP contribution in [-0.4, -0.2) is 85.1 Å². The van der Waals surface area contributed by atoms with Gasteiger partial charge in [0.2, 0.25) is 13.5 Å². The molecule has 0 aliphatic rings. The molecule has 4 unspecified atom stereocenters. The van der Waals surface area contributed by atoms with Crippen LogP contribution in [0.25, 0.3) is 0 Å². The number of hydrogen-bond donors (Lipinski definition) is 6. The van der Waals surface area contributed by atoms with Crippen molar-refractivity contribution in [1.82, 2.24) is 21.3 Å². The van der Waals surface area contributed by atoms with Crippen LogP contribution in [0.15, 0.2) is 48.5 Å². The second-order valence-corrected chi connectivity index (χ2v) is 22.4. The third-order valence-electron chi connectivity index (χ3n) is 8.32. The van der Waals surface area contributed by atoms with Crippen LogP contribution >= 0.6 is 90.4 Å². The molecular formula is C39H51I4N7O13. The summed E-state index contributed by atoms with van der Waals surface area (Å²) in [7, 11) is 0. The zero-order valence-corrected chi connectivity index (χ0v) is 44.3. The monoisotopic (exact) mass is 1330 g/mol. The largest absolute Gasteiger partial charge is 0.514 e. The maximum Gasteiger partial charge on any atom is 0.514 e. The predicted molar refractivity (Wildman–Crippen MR) is 265 cm³/mol. The molecule has 0 aromatic heterocycles. The van der Waals surface area contributed by atoms with E-state index in [1.165, 1.54) is 46.9 Å². The zero-order chi connectivity index (χ0) is 48.1. The Kier molecular flexibility index (Phi) is 21.0. The lowest BCUT2D eigenvalue weighted by atomic mass is 9.91. The summed E-state index contributed by atoms with van der Waals surface area (Å²) >= 11 is 7.01. The number of primary amides is 1. The van der Waals surface area contributed by atoms with Crippen molar-refractivity contribution in [3.63, 3.8) is 0 Å². The van der Waals surface area contributed by atoms with Gasteiger partial charge in [-0.05, 0) is 98.1 Å². The summed E-state index contributed by atoms with van der Waals surface area (Å²) in [6.07, 6.45) is -2.51. The fourth-order valence-electron chi connectivity index (χ4n) is 5.37. The molecule has 0 bridgehead atoms. The Morgan fingerprint density at radius 3 is 1.87 bits per heavy atom. The van der Waals surface area contributed by atoms with Crippen molar-refractivity contribution in [2.75, 3.05) is 11.9 Å². The Bertz CT molecular complexity index is 1990. The van der Waals surface area contributed by atoms with Crippen molar-refractivity contribution in [3.05, 3.63) is 64.2 Å². The van der Waals surface area contributed by atoms with Gasteiger partial charge < -0.3 is 45.9 Å². The number of carbonyl (C=O) groups is 7. The smallest absolute Gasteiger partial charge is 0.460 e. The lowest BCUT2D eigenvalue weighted by Crippen LogP contribution is -2.81. The van der Waals surface area contributed by atoms with Gasteiger partial charge >= 0.3 is 24.2 Å². The number of amides is 4. The van der Waals surface area contributed by atoms with Gasteiger partial charge in [-0.15, -0.1) is 0 Å². The first-order chi connectivity index (χ1) is 28.9. The molecule has 4 amide bonds. The zero-order valence-electron chi connectivity index (χ0n) is 35.7. The van der Waals surface area contributed by atoms with Gasteiger partial charge in [0.1, 0.15) is 29.6 Å². The van der Waals surface area contributed by atoms with Gasteiger partial charge in [-0.2, -0.15) is 0 Å². The molecule has 4 atom stereocenters. The quantitative estimate of drug-likeness (QED) is 0.00859. The second-order valence-electron chi connectivity index (χ2n) is 16.3. The van der Waals surface area contributed by atoms with E-state index in [1.54, 1.807) is 102 Å². The van der Waals surface area contributed by atoms with E-state index < -0.39 is 78.6 Å². The fourth-order valence-corrected chi connectivity index (χ4v) is 9.49. The molecule has 7 N–H and O–H groups in total. The number of halogens is 4. The van der Waals surface area contributed by atoms with E-state index in [-0.39, 0.29) is 43.9 Å². The summed E-state index contributed by atoms with van der Waals surface area (Å²) < 4.78 is 17.8. The number of esters is 1. The molecule has 0 saturated carbocycles. The lowest BCUT2D eigenvalue weighted by Gasteiger charge is -2.50. The summed E-state index contributed by atoms with van der Waals surface area (Å²) in [5, 5.41) is 25.1. The number of anilines is 1. The van der Waals surface area contributed by atoms with E-state index in [1.807, 2.05) is 45.2 Å². The van der Waals surface area contributed by atoms with Crippen LogP contribution in [-0.2, 0) is 40.0 Å². The first kappa shape index (κ1) is 55.7. The maximum absolute atomic E-state index is 14.5. The first-order valence-electron chi connectivity index (χ1n) is 18.9. The molecule has 0 radical (unpaired) electrons. The number of nitro groups is 1. The number of alkyl halides is 2. The van der Waals surface area contributed by atoms with Crippen LogP contribution in [0.3, 0.4) is 0 Å². The molecule has 63 heavy (non-hydrogen) atoms. The molecule has 2 aromatic rings. The summed E-state index contributed by atoms with van der Waals surface area (Å²) in [6.45, 7) is 12.9. The molecule has 0 spiro atoms. The van der Waals surface area contributed by atoms with Crippen molar-refractivity contribution in [3.8, 4) is 5.75 Å². The molecular weight excluding hydrogens is 1280 g/mol. The minimum Gasteiger partial charge on any atom is -0.460 e. The summed E-state index contributed by atoms with van der Waals surface area (Å²) in [5.74, 6) is -1.52. The highest BCUT2D eigenvalue weighted by Crippen LogP contribution is 2.38. The number of carbonyl (C=O) groups excluding carboxylic acids is 7. The van der Waals surface area contributed by atoms with Crippen molar-refractivity contribution >= 4 is 139 Å². The van der Waals surface area contributed by atoms with Gasteiger partial charge in [0.05, 0.1) is 12.3 Å². The Labute approximate surface area is 419 Å². The van der Waals surface area contributed by atoms with Crippen molar-refractivity contribution in [1.29, 1.82) is 0 Å². The third-order valence-corrected chi connectivity index (χ3v) is 12.4. The van der Waals surface area contributed by atoms with Crippen LogP contribution < -0.4 is 37.1 Å². The molecule has 2 aromatic carbocycles. The van der Waals surface area contributed by atoms with Crippen LogP contribution in [0, 0.1) is 10.1 Å². The van der Waals surface area contributed by atoms with Gasteiger partial charge in [0.15, 0.2) is 11.3 Å². The Morgan fingerprint density at radius 2 is 1.40 bits per heavy atom. The van der Waals surface area contributed by atoms with E-state index in [0.29, 0.717) is 11.3 Å². The predicted octanol–water partition coefficient (Wildman–Crippen LogP) is 6.83. The number of nitrogens with zero attached hydrogens (tertiary/aromatic N) is 1. The first-order valence-corrected chi connectivity index (χ1v) is 23.4. The standard InChI is InChI=1S/C39H51I4N7O13/c1-35(2,3)62-28(51)18-17-26(46-33(56)63-36(4,5)6)29(52)48-39(31(42)54,37(7,8)43)49-38(30(41)53,27(40)19-20-45-32(44)55)47-23-11-9-22(10-12-23)21-60-34(57)61-25-15-13-24(14-16-25)50(58)59/h9-16,26-27,47,49H,17-21H2,1-8H3,(H,46,56)(H,48,52)(H3,44,45,55). The third kappa shape index (κ3) is 18.2. The SMILES string of the molecule is CC(C)(C)OC(=O)CCC(NC(=O)OC(C)(C)C)C(=O)NC(NC(Nc1ccc(COC(=O)Oc2ccc([N+](=O)[O-])cc2)cc1)(C(=O)I)C(I)CCNC(N)=O)(C(=O)I)C(C)(C)I. The number of nitrogens with one attached hydrogen (secondary N) is 5. The lowest BCUT2D eigenvalue weighted by molar-refractivity contribution is -0.384. The number of benzene rings is 2. The number of ether oxygens (including phenoxy) is 4. The normalized spacial score (nSPS) is 14.5. The molecule has 0 saturated heterocycles. The van der Waals surface area contributed by atoms with Crippen LogP contribution in [0.1, 0.15) is 80.2 Å². The molecule has 2 rings (SSSR count). The van der Waals surface area contributed by atoms with Gasteiger partial charge in [-0.25, -0.2) is 14.4 Å². The second kappa shape index (κ2) is 23.7. The van der Waals surface area contributed by atoms with Gasteiger partial charge in [-0.1, -0.05) is 57.3 Å². The minimum absolute atomic E-state index is 0.00192. The van der Waals surface area contributed by atoms with E-state index in [4.69, 9.17) is 24.7 Å². The molecule has 24 heteroatoms.